The molecule has 1 aliphatic heterocycles. The van der Waals surface area contributed by atoms with Crippen LogP contribution < -0.4 is 4.74 Å². The van der Waals surface area contributed by atoms with E-state index in [0.29, 0.717) is 18.2 Å². The molecular formula is C15H19ClFNO2. The molecule has 110 valence electrons. The fourth-order valence-electron chi connectivity index (χ4n) is 2.56. The highest BCUT2D eigenvalue weighted by molar-refractivity contribution is 6.18. The third kappa shape index (κ3) is 3.23. The Bertz CT molecular complexity index is 481. The average molecular weight is 300 g/mol. The van der Waals surface area contributed by atoms with Gasteiger partial charge < -0.3 is 9.64 Å². The van der Waals surface area contributed by atoms with E-state index >= 15 is 0 Å². The summed E-state index contributed by atoms with van der Waals surface area (Å²) in [5.74, 6) is -0.0304. The Hall–Kier alpha value is -1.29. The standard InChI is InChI=1S/C15H19ClFNO2/c1-20-12-6-7-13(14(17)9-12)15(19)18-8-4-2-3-5-11(18)10-16/h6-7,9,11H,2-5,8,10H2,1H3. The highest BCUT2D eigenvalue weighted by Crippen LogP contribution is 2.23. The largest absolute Gasteiger partial charge is 0.497 e. The molecule has 3 nitrogen and oxygen atoms in total. The lowest BCUT2D eigenvalue weighted by atomic mass is 10.1. The van der Waals surface area contributed by atoms with Gasteiger partial charge in [0.05, 0.1) is 12.7 Å². The minimum Gasteiger partial charge on any atom is -0.497 e. The van der Waals surface area contributed by atoms with E-state index in [0.717, 1.165) is 25.7 Å². The van der Waals surface area contributed by atoms with Gasteiger partial charge in [0.25, 0.3) is 5.91 Å². The second kappa shape index (κ2) is 6.93. The molecule has 0 saturated carbocycles. The maximum Gasteiger partial charge on any atom is 0.257 e. The van der Waals surface area contributed by atoms with E-state index in [2.05, 4.69) is 0 Å². The number of hydrogen-bond acceptors (Lipinski definition) is 2. The van der Waals surface area contributed by atoms with E-state index in [-0.39, 0.29) is 17.5 Å². The summed E-state index contributed by atoms with van der Waals surface area (Å²) in [5, 5.41) is 0. The number of carbonyl (C=O) groups is 1. The molecule has 1 amide bonds. The molecule has 20 heavy (non-hydrogen) atoms. The van der Waals surface area contributed by atoms with Gasteiger partial charge in [0.1, 0.15) is 11.6 Å². The molecule has 1 saturated heterocycles. The highest BCUT2D eigenvalue weighted by Gasteiger charge is 2.27. The quantitative estimate of drug-likeness (QED) is 0.800. The van der Waals surface area contributed by atoms with E-state index in [1.54, 1.807) is 11.0 Å². The zero-order valence-electron chi connectivity index (χ0n) is 11.6. The molecule has 2 rings (SSSR count). The van der Waals surface area contributed by atoms with Crippen LogP contribution in [0.3, 0.4) is 0 Å². The smallest absolute Gasteiger partial charge is 0.257 e. The van der Waals surface area contributed by atoms with Crippen molar-refractivity contribution in [3.63, 3.8) is 0 Å². The number of benzene rings is 1. The van der Waals surface area contributed by atoms with Gasteiger partial charge in [-0.25, -0.2) is 4.39 Å². The van der Waals surface area contributed by atoms with Gasteiger partial charge in [0, 0.05) is 24.5 Å². The summed E-state index contributed by atoms with van der Waals surface area (Å²) in [6, 6.07) is 4.31. The molecule has 1 heterocycles. The number of amides is 1. The second-order valence-corrected chi connectivity index (χ2v) is 5.31. The van der Waals surface area contributed by atoms with Crippen LogP contribution in [0.15, 0.2) is 18.2 Å². The molecule has 1 aromatic carbocycles. The Kier molecular flexibility index (Phi) is 5.24. The van der Waals surface area contributed by atoms with Crippen molar-refractivity contribution in [2.24, 2.45) is 0 Å². The maximum atomic E-state index is 14.0. The van der Waals surface area contributed by atoms with E-state index in [9.17, 15) is 9.18 Å². The Labute approximate surface area is 123 Å². The number of alkyl halides is 1. The van der Waals surface area contributed by atoms with Crippen LogP contribution in [0.4, 0.5) is 4.39 Å². The second-order valence-electron chi connectivity index (χ2n) is 5.00. The van der Waals surface area contributed by atoms with Crippen molar-refractivity contribution in [1.29, 1.82) is 0 Å². The van der Waals surface area contributed by atoms with Crippen LogP contribution in [0.5, 0.6) is 5.75 Å². The molecule has 1 unspecified atom stereocenters. The van der Waals surface area contributed by atoms with Crippen LogP contribution >= 0.6 is 11.6 Å². The van der Waals surface area contributed by atoms with Gasteiger partial charge in [-0.1, -0.05) is 12.8 Å². The number of nitrogens with zero attached hydrogens (tertiary/aromatic N) is 1. The predicted octanol–water partition coefficient (Wildman–Crippen LogP) is 3.46. The molecule has 1 fully saturated rings. The molecule has 0 radical (unpaired) electrons. The van der Waals surface area contributed by atoms with E-state index < -0.39 is 5.82 Å². The van der Waals surface area contributed by atoms with Crippen molar-refractivity contribution in [3.8, 4) is 5.75 Å². The number of hydrogen-bond donors (Lipinski definition) is 0. The summed E-state index contributed by atoms with van der Waals surface area (Å²) in [6.07, 6.45) is 3.97. The molecule has 0 aromatic heterocycles. The number of halogens is 2. The number of rotatable bonds is 3. The van der Waals surface area contributed by atoms with Crippen LogP contribution in [0.2, 0.25) is 0 Å². The number of ether oxygens (including phenoxy) is 1. The van der Waals surface area contributed by atoms with Crippen LogP contribution in [0, 0.1) is 5.82 Å². The fraction of sp³-hybridized carbons (Fsp3) is 0.533. The highest BCUT2D eigenvalue weighted by atomic mass is 35.5. The van der Waals surface area contributed by atoms with Crippen molar-refractivity contribution < 1.29 is 13.9 Å². The number of methoxy groups -OCH3 is 1. The van der Waals surface area contributed by atoms with Gasteiger partial charge in [-0.2, -0.15) is 0 Å². The molecule has 5 heteroatoms. The van der Waals surface area contributed by atoms with E-state index in [1.807, 2.05) is 0 Å². The van der Waals surface area contributed by atoms with Crippen LogP contribution in [-0.4, -0.2) is 36.4 Å². The summed E-state index contributed by atoms with van der Waals surface area (Å²) >= 11 is 5.96. The first kappa shape index (κ1) is 15.1. The van der Waals surface area contributed by atoms with Gasteiger partial charge in [0.15, 0.2) is 0 Å². The Morgan fingerprint density at radius 2 is 2.25 bits per heavy atom. The molecular weight excluding hydrogens is 281 g/mol. The van der Waals surface area contributed by atoms with Gasteiger partial charge in [0.2, 0.25) is 0 Å². The summed E-state index contributed by atoms with van der Waals surface area (Å²) in [7, 11) is 1.47. The third-order valence-electron chi connectivity index (χ3n) is 3.72. The Morgan fingerprint density at radius 1 is 1.45 bits per heavy atom. The van der Waals surface area contributed by atoms with Crippen molar-refractivity contribution >= 4 is 17.5 Å². The van der Waals surface area contributed by atoms with Crippen molar-refractivity contribution in [1.82, 2.24) is 4.90 Å². The van der Waals surface area contributed by atoms with Crippen molar-refractivity contribution in [2.45, 2.75) is 31.7 Å². The van der Waals surface area contributed by atoms with E-state index in [1.165, 1.54) is 19.2 Å². The molecule has 1 atom stereocenters. The van der Waals surface area contributed by atoms with Crippen LogP contribution in [-0.2, 0) is 0 Å². The summed E-state index contributed by atoms with van der Waals surface area (Å²) in [5.41, 5.74) is 0.0859. The first-order chi connectivity index (χ1) is 9.67. The molecule has 0 aliphatic carbocycles. The molecule has 1 aromatic rings. The van der Waals surface area contributed by atoms with Crippen LogP contribution in [0.25, 0.3) is 0 Å². The normalized spacial score (nSPS) is 19.6. The zero-order valence-corrected chi connectivity index (χ0v) is 12.3. The molecule has 0 bridgehead atoms. The number of carbonyl (C=O) groups excluding carboxylic acids is 1. The molecule has 0 N–H and O–H groups in total. The lowest BCUT2D eigenvalue weighted by molar-refractivity contribution is 0.0695. The zero-order chi connectivity index (χ0) is 14.5. The monoisotopic (exact) mass is 299 g/mol. The van der Waals surface area contributed by atoms with Gasteiger partial charge in [-0.05, 0) is 25.0 Å². The molecule has 1 aliphatic rings. The average Bonchev–Trinajstić information content (AvgIpc) is 2.71. The summed E-state index contributed by atoms with van der Waals surface area (Å²) < 4.78 is 19.0. The SMILES string of the molecule is COc1ccc(C(=O)N2CCCCCC2CCl)c(F)c1. The minimum atomic E-state index is -0.549. The van der Waals surface area contributed by atoms with Crippen molar-refractivity contribution in [3.05, 3.63) is 29.6 Å². The number of likely N-dealkylation sites (tertiary alicyclic amines) is 1. The van der Waals surface area contributed by atoms with Gasteiger partial charge in [-0.15, -0.1) is 11.6 Å². The molecule has 0 spiro atoms. The van der Waals surface area contributed by atoms with Gasteiger partial charge >= 0.3 is 0 Å². The Balaban J connectivity index is 2.24. The topological polar surface area (TPSA) is 29.5 Å². The fourth-order valence-corrected chi connectivity index (χ4v) is 2.88. The van der Waals surface area contributed by atoms with Gasteiger partial charge in [-0.3, -0.25) is 4.79 Å². The summed E-state index contributed by atoms with van der Waals surface area (Å²) in [4.78, 5) is 14.2. The third-order valence-corrected chi connectivity index (χ3v) is 4.08. The predicted molar refractivity (Wildman–Crippen MR) is 77.0 cm³/mol. The lowest BCUT2D eigenvalue weighted by Gasteiger charge is -2.28. The summed E-state index contributed by atoms with van der Waals surface area (Å²) in [6.45, 7) is 0.641. The van der Waals surface area contributed by atoms with Crippen LogP contribution in [0.1, 0.15) is 36.0 Å². The Morgan fingerprint density at radius 3 is 2.90 bits per heavy atom. The first-order valence-corrected chi connectivity index (χ1v) is 7.41. The van der Waals surface area contributed by atoms with E-state index in [4.69, 9.17) is 16.3 Å². The first-order valence-electron chi connectivity index (χ1n) is 6.88. The maximum absolute atomic E-state index is 14.0. The minimum absolute atomic E-state index is 0.00633. The van der Waals surface area contributed by atoms with Crippen molar-refractivity contribution in [2.75, 3.05) is 19.5 Å². The lowest BCUT2D eigenvalue weighted by Crippen LogP contribution is -2.41.